The average Bonchev–Trinajstić information content (AvgIpc) is 2.66. The molecule has 1 N–H and O–H groups in total. The highest BCUT2D eigenvalue weighted by atomic mass is 35.5. The lowest BCUT2D eigenvalue weighted by Crippen LogP contribution is -2.37. The summed E-state index contributed by atoms with van der Waals surface area (Å²) in [6.07, 6.45) is 5.09. The number of halogens is 1. The van der Waals surface area contributed by atoms with Gasteiger partial charge in [0.25, 0.3) is 0 Å². The van der Waals surface area contributed by atoms with Crippen LogP contribution in [0.15, 0.2) is 30.7 Å². The minimum Gasteiger partial charge on any atom is -0.476 e. The third-order valence-corrected chi connectivity index (χ3v) is 4.61. The van der Waals surface area contributed by atoms with Crippen molar-refractivity contribution in [2.75, 3.05) is 19.8 Å². The van der Waals surface area contributed by atoms with Crippen LogP contribution in [0.1, 0.15) is 25.5 Å². The van der Waals surface area contributed by atoms with Crippen molar-refractivity contribution in [2.24, 2.45) is 5.92 Å². The lowest BCUT2D eigenvalue weighted by atomic mass is 9.83. The molecule has 9 heteroatoms. The number of carbonyl (C=O) groups is 1. The quantitative estimate of drug-likeness (QED) is 0.605. The van der Waals surface area contributed by atoms with Gasteiger partial charge in [0.15, 0.2) is 5.02 Å². The molecular formula is C19H23ClN4O4. The van der Waals surface area contributed by atoms with E-state index in [4.69, 9.17) is 25.8 Å². The lowest BCUT2D eigenvalue weighted by Gasteiger charge is -2.34. The minimum absolute atomic E-state index is 0.0476. The summed E-state index contributed by atoms with van der Waals surface area (Å²) in [7, 11) is 0. The normalized spacial score (nSPS) is 18.2. The summed E-state index contributed by atoms with van der Waals surface area (Å²) in [6.45, 7) is 3.31. The van der Waals surface area contributed by atoms with Crippen molar-refractivity contribution in [1.29, 1.82) is 0 Å². The van der Waals surface area contributed by atoms with Crippen molar-refractivity contribution in [3.05, 3.63) is 41.4 Å². The number of carbonyl (C=O) groups excluding carboxylic acids is 1. The summed E-state index contributed by atoms with van der Waals surface area (Å²) in [5.41, 5.74) is 0.777. The van der Waals surface area contributed by atoms with Gasteiger partial charge in [0, 0.05) is 19.7 Å². The highest BCUT2D eigenvalue weighted by Gasteiger charge is 2.30. The predicted octanol–water partition coefficient (Wildman–Crippen LogP) is 2.41. The Morgan fingerprint density at radius 3 is 2.71 bits per heavy atom. The summed E-state index contributed by atoms with van der Waals surface area (Å²) in [4.78, 5) is 23.1. The molecule has 3 rings (SSSR count). The Kier molecular flexibility index (Phi) is 7.39. The van der Waals surface area contributed by atoms with Crippen molar-refractivity contribution in [1.82, 2.24) is 20.3 Å². The number of ether oxygens (including phenoxy) is 3. The SMILES string of the molecule is CC(=O)NCCOC1CC(COc2ncnc(OCc3ccccn3)c2Cl)C1. The molecule has 2 aromatic heterocycles. The van der Waals surface area contributed by atoms with Gasteiger partial charge in [0.1, 0.15) is 12.9 Å². The second-order valence-electron chi connectivity index (χ2n) is 6.53. The zero-order valence-corrected chi connectivity index (χ0v) is 16.4. The Labute approximate surface area is 168 Å². The fourth-order valence-electron chi connectivity index (χ4n) is 2.76. The Bertz CT molecular complexity index is 772. The van der Waals surface area contributed by atoms with Crippen LogP contribution in [0.3, 0.4) is 0 Å². The van der Waals surface area contributed by atoms with E-state index in [2.05, 4.69) is 20.3 Å². The van der Waals surface area contributed by atoms with Gasteiger partial charge in [-0.2, -0.15) is 0 Å². The second-order valence-corrected chi connectivity index (χ2v) is 6.91. The molecule has 0 bridgehead atoms. The molecule has 0 saturated heterocycles. The average molecular weight is 407 g/mol. The first-order valence-corrected chi connectivity index (χ1v) is 9.51. The van der Waals surface area contributed by atoms with Gasteiger partial charge in [-0.1, -0.05) is 17.7 Å². The molecule has 0 atom stereocenters. The van der Waals surface area contributed by atoms with Crippen LogP contribution in [0.4, 0.5) is 0 Å². The first-order valence-electron chi connectivity index (χ1n) is 9.14. The summed E-state index contributed by atoms with van der Waals surface area (Å²) in [5.74, 6) is 0.913. The first-order chi connectivity index (χ1) is 13.6. The number of rotatable bonds is 10. The number of amides is 1. The van der Waals surface area contributed by atoms with Crippen LogP contribution in [-0.4, -0.2) is 46.7 Å². The lowest BCUT2D eigenvalue weighted by molar-refractivity contribution is -0.119. The number of nitrogens with zero attached hydrogens (tertiary/aromatic N) is 3. The van der Waals surface area contributed by atoms with Crippen LogP contribution in [0.25, 0.3) is 0 Å². The van der Waals surface area contributed by atoms with Crippen LogP contribution in [0, 0.1) is 5.92 Å². The maximum absolute atomic E-state index is 10.8. The third kappa shape index (κ3) is 6.03. The molecule has 28 heavy (non-hydrogen) atoms. The molecule has 1 amide bonds. The molecule has 1 fully saturated rings. The minimum atomic E-state index is -0.0476. The number of hydrogen-bond acceptors (Lipinski definition) is 7. The van der Waals surface area contributed by atoms with Crippen molar-refractivity contribution in [3.63, 3.8) is 0 Å². The van der Waals surface area contributed by atoms with Crippen LogP contribution in [0.2, 0.25) is 5.02 Å². The highest BCUT2D eigenvalue weighted by molar-refractivity contribution is 6.33. The number of hydrogen-bond donors (Lipinski definition) is 1. The Balaban J connectivity index is 1.39. The molecule has 0 unspecified atom stereocenters. The maximum atomic E-state index is 10.8. The molecule has 0 spiro atoms. The van der Waals surface area contributed by atoms with E-state index in [1.807, 2.05) is 18.2 Å². The van der Waals surface area contributed by atoms with Crippen molar-refractivity contribution in [3.8, 4) is 11.8 Å². The molecule has 1 aliphatic rings. The van der Waals surface area contributed by atoms with Crippen molar-refractivity contribution in [2.45, 2.75) is 32.5 Å². The van der Waals surface area contributed by atoms with E-state index in [0.717, 1.165) is 18.5 Å². The molecule has 0 aromatic carbocycles. The van der Waals surface area contributed by atoms with E-state index < -0.39 is 0 Å². The molecule has 1 saturated carbocycles. The smallest absolute Gasteiger partial charge is 0.240 e. The number of nitrogens with one attached hydrogen (secondary N) is 1. The molecular weight excluding hydrogens is 384 g/mol. The Morgan fingerprint density at radius 2 is 2.00 bits per heavy atom. The monoisotopic (exact) mass is 406 g/mol. The van der Waals surface area contributed by atoms with Gasteiger partial charge in [-0.15, -0.1) is 0 Å². The van der Waals surface area contributed by atoms with Gasteiger partial charge in [-0.25, -0.2) is 9.97 Å². The third-order valence-electron chi connectivity index (χ3n) is 4.29. The molecule has 0 radical (unpaired) electrons. The predicted molar refractivity (Wildman–Crippen MR) is 102 cm³/mol. The standard InChI is InChI=1S/C19H23ClN4O4/c1-13(25)21-6-7-26-16-8-14(9-16)10-27-18-17(20)19(24-12-23-18)28-11-15-4-2-3-5-22-15/h2-5,12,14,16H,6-11H2,1H3,(H,21,25). The summed E-state index contributed by atoms with van der Waals surface area (Å²) in [6, 6.07) is 5.58. The first kappa shape index (κ1) is 20.3. The van der Waals surface area contributed by atoms with Gasteiger partial charge in [-0.3, -0.25) is 9.78 Å². The summed E-state index contributed by atoms with van der Waals surface area (Å²) in [5, 5.41) is 2.96. The fraction of sp³-hybridized carbons (Fsp3) is 0.474. The molecule has 0 aliphatic heterocycles. The Morgan fingerprint density at radius 1 is 1.21 bits per heavy atom. The number of aromatic nitrogens is 3. The molecule has 8 nitrogen and oxygen atoms in total. The zero-order valence-electron chi connectivity index (χ0n) is 15.6. The Hall–Kier alpha value is -2.45. The molecule has 2 heterocycles. The van der Waals surface area contributed by atoms with E-state index >= 15 is 0 Å². The topological polar surface area (TPSA) is 95.5 Å². The second kappa shape index (κ2) is 10.2. The molecule has 2 aromatic rings. The van der Waals surface area contributed by atoms with Gasteiger partial charge in [0.2, 0.25) is 17.7 Å². The fourth-order valence-corrected chi connectivity index (χ4v) is 2.97. The van der Waals surface area contributed by atoms with E-state index in [1.165, 1.54) is 13.3 Å². The largest absolute Gasteiger partial charge is 0.476 e. The molecule has 1 aliphatic carbocycles. The van der Waals surface area contributed by atoms with Crippen LogP contribution in [-0.2, 0) is 16.1 Å². The van der Waals surface area contributed by atoms with Crippen LogP contribution in [0.5, 0.6) is 11.8 Å². The highest BCUT2D eigenvalue weighted by Crippen LogP contribution is 2.33. The van der Waals surface area contributed by atoms with E-state index in [0.29, 0.717) is 31.6 Å². The van der Waals surface area contributed by atoms with Crippen molar-refractivity contribution >= 4 is 17.5 Å². The van der Waals surface area contributed by atoms with Crippen LogP contribution < -0.4 is 14.8 Å². The van der Waals surface area contributed by atoms with E-state index in [-0.39, 0.29) is 29.5 Å². The van der Waals surface area contributed by atoms with E-state index in [9.17, 15) is 4.79 Å². The molecule has 150 valence electrons. The van der Waals surface area contributed by atoms with Crippen molar-refractivity contribution < 1.29 is 19.0 Å². The summed E-state index contributed by atoms with van der Waals surface area (Å²) >= 11 is 6.30. The van der Waals surface area contributed by atoms with Crippen LogP contribution >= 0.6 is 11.6 Å². The summed E-state index contributed by atoms with van der Waals surface area (Å²) < 4.78 is 17.1. The van der Waals surface area contributed by atoms with Gasteiger partial charge in [0.05, 0.1) is 25.0 Å². The van der Waals surface area contributed by atoms with Gasteiger partial charge >= 0.3 is 0 Å². The zero-order chi connectivity index (χ0) is 19.8. The maximum Gasteiger partial charge on any atom is 0.240 e. The number of pyridine rings is 1. The van der Waals surface area contributed by atoms with Gasteiger partial charge in [-0.05, 0) is 30.9 Å². The van der Waals surface area contributed by atoms with Gasteiger partial charge < -0.3 is 19.5 Å². The van der Waals surface area contributed by atoms with E-state index in [1.54, 1.807) is 6.20 Å².